The van der Waals surface area contributed by atoms with Crippen LogP contribution in [-0.2, 0) is 0 Å². The summed E-state index contributed by atoms with van der Waals surface area (Å²) in [6, 6.07) is 3.73. The standard InChI is InChI=1S/C13H13ClF2N4O/c14-10-7-9(1-2-11(10)15)12(21)20-5-3-13(16,4-6-20)8-18-19-17/h1-2,7H,3-6,8H2. The zero-order valence-electron chi connectivity index (χ0n) is 11.1. The lowest BCUT2D eigenvalue weighted by Gasteiger charge is -2.35. The number of azide groups is 1. The number of amides is 1. The Morgan fingerprint density at radius 1 is 1.48 bits per heavy atom. The zero-order chi connectivity index (χ0) is 15.5. The third kappa shape index (κ3) is 3.62. The minimum absolute atomic E-state index is 0.104. The first-order chi connectivity index (χ1) is 9.95. The van der Waals surface area contributed by atoms with Gasteiger partial charge in [0.05, 0.1) is 11.6 Å². The van der Waals surface area contributed by atoms with E-state index in [2.05, 4.69) is 10.0 Å². The molecular formula is C13H13ClF2N4O. The summed E-state index contributed by atoms with van der Waals surface area (Å²) >= 11 is 5.65. The van der Waals surface area contributed by atoms with E-state index in [-0.39, 0.29) is 49.0 Å². The molecule has 5 nitrogen and oxygen atoms in total. The number of hydrogen-bond donors (Lipinski definition) is 0. The van der Waals surface area contributed by atoms with Crippen LogP contribution in [-0.4, -0.2) is 36.1 Å². The second-order valence-electron chi connectivity index (χ2n) is 4.96. The van der Waals surface area contributed by atoms with E-state index in [9.17, 15) is 13.6 Å². The number of nitrogens with zero attached hydrogens (tertiary/aromatic N) is 4. The molecule has 1 fully saturated rings. The molecule has 1 heterocycles. The molecule has 0 aromatic heterocycles. The van der Waals surface area contributed by atoms with Crippen molar-refractivity contribution >= 4 is 17.5 Å². The minimum Gasteiger partial charge on any atom is -0.338 e. The number of rotatable bonds is 3. The lowest BCUT2D eigenvalue weighted by atomic mass is 9.93. The highest BCUT2D eigenvalue weighted by atomic mass is 35.5. The maximum atomic E-state index is 14.2. The third-order valence-electron chi connectivity index (χ3n) is 3.53. The molecule has 1 saturated heterocycles. The van der Waals surface area contributed by atoms with E-state index in [0.29, 0.717) is 0 Å². The first-order valence-electron chi connectivity index (χ1n) is 6.39. The molecule has 1 aliphatic rings. The number of halogens is 3. The van der Waals surface area contributed by atoms with Gasteiger partial charge in [-0.1, -0.05) is 16.7 Å². The SMILES string of the molecule is [N-]=[N+]=NCC1(F)CCN(C(=O)c2ccc(F)c(Cl)c2)CC1. The largest absolute Gasteiger partial charge is 0.338 e. The first-order valence-corrected chi connectivity index (χ1v) is 6.77. The number of piperidine rings is 1. The molecule has 1 aromatic carbocycles. The molecule has 0 spiro atoms. The predicted octanol–water partition coefficient (Wildman–Crippen LogP) is 3.73. The molecule has 0 bridgehead atoms. The van der Waals surface area contributed by atoms with Gasteiger partial charge in [-0.2, -0.15) is 0 Å². The van der Waals surface area contributed by atoms with Crippen molar-refractivity contribution in [1.82, 2.24) is 4.90 Å². The quantitative estimate of drug-likeness (QED) is 0.476. The van der Waals surface area contributed by atoms with Crippen molar-refractivity contribution in [2.75, 3.05) is 19.6 Å². The van der Waals surface area contributed by atoms with E-state index in [1.807, 2.05) is 0 Å². The van der Waals surface area contributed by atoms with Gasteiger partial charge >= 0.3 is 0 Å². The lowest BCUT2D eigenvalue weighted by molar-refractivity contribution is 0.0469. The smallest absolute Gasteiger partial charge is 0.253 e. The summed E-state index contributed by atoms with van der Waals surface area (Å²) in [5.74, 6) is -0.910. The van der Waals surface area contributed by atoms with Gasteiger partial charge in [-0.15, -0.1) is 0 Å². The summed E-state index contributed by atoms with van der Waals surface area (Å²) in [6.45, 7) is 0.199. The molecule has 1 aromatic rings. The summed E-state index contributed by atoms with van der Waals surface area (Å²) in [5, 5.41) is 3.14. The Hall–Kier alpha value is -1.85. The van der Waals surface area contributed by atoms with Crippen LogP contribution >= 0.6 is 11.6 Å². The first kappa shape index (κ1) is 15.5. The Balaban J connectivity index is 2.03. The van der Waals surface area contributed by atoms with E-state index in [1.165, 1.54) is 17.0 Å². The molecule has 21 heavy (non-hydrogen) atoms. The van der Waals surface area contributed by atoms with Gasteiger partial charge in [0.25, 0.3) is 5.91 Å². The summed E-state index contributed by atoms with van der Waals surface area (Å²) in [6.07, 6.45) is 0.208. The summed E-state index contributed by atoms with van der Waals surface area (Å²) < 4.78 is 27.3. The molecule has 1 aliphatic heterocycles. The molecule has 0 saturated carbocycles. The maximum absolute atomic E-state index is 14.2. The number of benzene rings is 1. The Kier molecular flexibility index (Phi) is 4.65. The molecule has 0 atom stereocenters. The molecule has 112 valence electrons. The van der Waals surface area contributed by atoms with Crippen molar-refractivity contribution in [3.8, 4) is 0 Å². The van der Waals surface area contributed by atoms with Crippen LogP contribution in [0.4, 0.5) is 8.78 Å². The van der Waals surface area contributed by atoms with Gasteiger partial charge < -0.3 is 4.90 Å². The average molecular weight is 315 g/mol. The highest BCUT2D eigenvalue weighted by molar-refractivity contribution is 6.31. The van der Waals surface area contributed by atoms with Crippen LogP contribution in [0.15, 0.2) is 23.3 Å². The molecule has 1 amide bonds. The number of carbonyl (C=O) groups is 1. The zero-order valence-corrected chi connectivity index (χ0v) is 11.9. The van der Waals surface area contributed by atoms with Gasteiger partial charge in [0.1, 0.15) is 11.5 Å². The Bertz CT molecular complexity index is 596. The lowest BCUT2D eigenvalue weighted by Crippen LogP contribution is -2.45. The Morgan fingerprint density at radius 2 is 2.14 bits per heavy atom. The normalized spacial score (nSPS) is 17.2. The molecular weight excluding hydrogens is 302 g/mol. The molecule has 0 radical (unpaired) electrons. The average Bonchev–Trinajstić information content (AvgIpc) is 2.48. The van der Waals surface area contributed by atoms with Crippen LogP contribution < -0.4 is 0 Å². The van der Waals surface area contributed by atoms with E-state index < -0.39 is 11.5 Å². The summed E-state index contributed by atoms with van der Waals surface area (Å²) in [5.41, 5.74) is 6.93. The maximum Gasteiger partial charge on any atom is 0.253 e. The number of carbonyl (C=O) groups excluding carboxylic acids is 1. The van der Waals surface area contributed by atoms with Crippen LogP contribution in [0.2, 0.25) is 5.02 Å². The van der Waals surface area contributed by atoms with E-state index in [1.54, 1.807) is 0 Å². The van der Waals surface area contributed by atoms with Crippen LogP contribution in [0.1, 0.15) is 23.2 Å². The predicted molar refractivity (Wildman–Crippen MR) is 74.4 cm³/mol. The van der Waals surface area contributed by atoms with E-state index in [4.69, 9.17) is 17.1 Å². The van der Waals surface area contributed by atoms with E-state index >= 15 is 0 Å². The van der Waals surface area contributed by atoms with Gasteiger partial charge in [-0.3, -0.25) is 4.79 Å². The third-order valence-corrected chi connectivity index (χ3v) is 3.82. The fourth-order valence-electron chi connectivity index (χ4n) is 2.24. The minimum atomic E-state index is -1.57. The summed E-state index contributed by atoms with van der Waals surface area (Å²) in [4.78, 5) is 16.3. The van der Waals surface area contributed by atoms with Gasteiger partial charge in [0.15, 0.2) is 0 Å². The van der Waals surface area contributed by atoms with Gasteiger partial charge in [-0.25, -0.2) is 8.78 Å². The van der Waals surface area contributed by atoms with Crippen molar-refractivity contribution in [3.05, 3.63) is 45.0 Å². The number of alkyl halides is 1. The molecule has 0 unspecified atom stereocenters. The second kappa shape index (κ2) is 6.28. The highest BCUT2D eigenvalue weighted by Crippen LogP contribution is 2.28. The molecule has 8 heteroatoms. The summed E-state index contributed by atoms with van der Waals surface area (Å²) in [7, 11) is 0. The number of hydrogen-bond acceptors (Lipinski definition) is 2. The van der Waals surface area contributed by atoms with Crippen LogP contribution in [0.25, 0.3) is 10.4 Å². The topological polar surface area (TPSA) is 69.1 Å². The fraction of sp³-hybridized carbons (Fsp3) is 0.462. The second-order valence-corrected chi connectivity index (χ2v) is 5.37. The highest BCUT2D eigenvalue weighted by Gasteiger charge is 2.35. The monoisotopic (exact) mass is 314 g/mol. The van der Waals surface area contributed by atoms with Crippen molar-refractivity contribution in [2.24, 2.45) is 5.11 Å². The number of likely N-dealkylation sites (tertiary alicyclic amines) is 1. The van der Waals surface area contributed by atoms with Gasteiger partial charge in [0.2, 0.25) is 0 Å². The molecule has 0 N–H and O–H groups in total. The van der Waals surface area contributed by atoms with Crippen LogP contribution in [0.3, 0.4) is 0 Å². The van der Waals surface area contributed by atoms with Crippen LogP contribution in [0.5, 0.6) is 0 Å². The fourth-order valence-corrected chi connectivity index (χ4v) is 2.42. The van der Waals surface area contributed by atoms with Gasteiger partial charge in [-0.05, 0) is 36.6 Å². The Labute approximate surface area is 125 Å². The van der Waals surface area contributed by atoms with Crippen molar-refractivity contribution in [2.45, 2.75) is 18.5 Å². The van der Waals surface area contributed by atoms with Crippen molar-refractivity contribution in [1.29, 1.82) is 0 Å². The van der Waals surface area contributed by atoms with Crippen molar-refractivity contribution < 1.29 is 13.6 Å². The molecule has 0 aliphatic carbocycles. The van der Waals surface area contributed by atoms with E-state index in [0.717, 1.165) is 6.07 Å². The van der Waals surface area contributed by atoms with Gasteiger partial charge in [0, 0.05) is 23.6 Å². The Morgan fingerprint density at radius 3 is 2.71 bits per heavy atom. The van der Waals surface area contributed by atoms with Crippen molar-refractivity contribution in [3.63, 3.8) is 0 Å². The molecule has 2 rings (SSSR count). The van der Waals surface area contributed by atoms with Crippen LogP contribution in [0, 0.1) is 5.82 Å².